The number of aromatic nitrogens is 1. The molecule has 0 saturated heterocycles. The van der Waals surface area contributed by atoms with E-state index in [4.69, 9.17) is 4.42 Å². The summed E-state index contributed by atoms with van der Waals surface area (Å²) in [6.07, 6.45) is 3.98. The van der Waals surface area contributed by atoms with E-state index in [-0.39, 0.29) is 0 Å². The predicted molar refractivity (Wildman–Crippen MR) is 48.9 cm³/mol. The number of pyridine rings is 1. The molecule has 4 heteroatoms. The van der Waals surface area contributed by atoms with Crippen LogP contribution in [0.1, 0.15) is 10.6 Å². The molecule has 0 aliphatic carbocycles. The molecule has 0 unspecified atom stereocenters. The van der Waals surface area contributed by atoms with Crippen molar-refractivity contribution in [3.63, 3.8) is 0 Å². The van der Waals surface area contributed by atoms with Gasteiger partial charge in [0.25, 0.3) is 0 Å². The summed E-state index contributed by atoms with van der Waals surface area (Å²) in [5.41, 5.74) is 1.36. The maximum atomic E-state index is 10.6. The van der Waals surface area contributed by atoms with Crippen molar-refractivity contribution in [2.24, 2.45) is 0 Å². The van der Waals surface area contributed by atoms with Crippen LogP contribution in [0.4, 0.5) is 5.69 Å². The summed E-state index contributed by atoms with van der Waals surface area (Å²) in [5, 5.41) is 3.73. The molecule has 0 fully saturated rings. The fourth-order valence-corrected chi connectivity index (χ4v) is 1.30. The zero-order valence-corrected chi connectivity index (χ0v) is 7.07. The van der Waals surface area contributed by atoms with Crippen molar-refractivity contribution in [3.8, 4) is 0 Å². The Kier molecular flexibility index (Phi) is 1.73. The van der Waals surface area contributed by atoms with Crippen molar-refractivity contribution >= 4 is 22.9 Å². The van der Waals surface area contributed by atoms with Crippen molar-refractivity contribution < 1.29 is 9.21 Å². The molecule has 2 rings (SSSR count). The van der Waals surface area contributed by atoms with E-state index in [9.17, 15) is 4.79 Å². The maximum absolute atomic E-state index is 10.6. The molecular formula is C9H8N2O2. The van der Waals surface area contributed by atoms with Crippen LogP contribution < -0.4 is 5.32 Å². The molecule has 0 amide bonds. The van der Waals surface area contributed by atoms with E-state index in [1.165, 1.54) is 0 Å². The molecule has 0 bridgehead atoms. The number of aldehydes is 1. The van der Waals surface area contributed by atoms with Gasteiger partial charge in [0, 0.05) is 19.4 Å². The van der Waals surface area contributed by atoms with Gasteiger partial charge in [0.2, 0.25) is 0 Å². The van der Waals surface area contributed by atoms with E-state index in [0.29, 0.717) is 23.3 Å². The van der Waals surface area contributed by atoms with Gasteiger partial charge < -0.3 is 9.73 Å². The molecule has 0 saturated carbocycles. The molecule has 2 aromatic rings. The second-order valence-electron chi connectivity index (χ2n) is 2.58. The summed E-state index contributed by atoms with van der Waals surface area (Å²) in [7, 11) is 1.74. The van der Waals surface area contributed by atoms with E-state index in [1.807, 2.05) is 0 Å². The molecule has 1 N–H and O–H groups in total. The van der Waals surface area contributed by atoms with E-state index in [0.717, 1.165) is 5.39 Å². The average Bonchev–Trinajstić information content (AvgIpc) is 2.55. The highest BCUT2D eigenvalue weighted by Gasteiger charge is 2.11. The maximum Gasteiger partial charge on any atom is 0.190 e. The Hall–Kier alpha value is -1.84. The Morgan fingerprint density at radius 1 is 1.62 bits per heavy atom. The second kappa shape index (κ2) is 2.90. The fraction of sp³-hybridized carbons (Fsp3) is 0.111. The number of hydrogen-bond acceptors (Lipinski definition) is 4. The van der Waals surface area contributed by atoms with Crippen LogP contribution in [-0.4, -0.2) is 18.3 Å². The molecule has 2 aromatic heterocycles. The molecule has 0 radical (unpaired) electrons. The van der Waals surface area contributed by atoms with Gasteiger partial charge in [-0.25, -0.2) is 0 Å². The van der Waals surface area contributed by atoms with Crippen molar-refractivity contribution in [3.05, 3.63) is 24.2 Å². The summed E-state index contributed by atoms with van der Waals surface area (Å²) in [6, 6.07) is 1.73. The molecule has 13 heavy (non-hydrogen) atoms. The minimum atomic E-state index is 0.311. The first-order valence-electron chi connectivity index (χ1n) is 3.86. The van der Waals surface area contributed by atoms with Gasteiger partial charge in [-0.05, 0) is 6.07 Å². The molecule has 2 heterocycles. The van der Waals surface area contributed by atoms with Crippen LogP contribution >= 0.6 is 0 Å². The lowest BCUT2D eigenvalue weighted by molar-refractivity contribution is 0.110. The number of nitrogens with one attached hydrogen (secondary N) is 1. The molecule has 0 atom stereocenters. The van der Waals surface area contributed by atoms with Gasteiger partial charge in [0.15, 0.2) is 12.0 Å². The minimum Gasteiger partial charge on any atom is -0.451 e. The van der Waals surface area contributed by atoms with Crippen LogP contribution in [0, 0.1) is 0 Å². The molecule has 0 spiro atoms. The number of hydrogen-bond donors (Lipinski definition) is 1. The first-order chi connectivity index (χ1) is 6.36. The highest BCUT2D eigenvalue weighted by molar-refractivity contribution is 5.98. The van der Waals surface area contributed by atoms with Gasteiger partial charge in [-0.3, -0.25) is 9.78 Å². The van der Waals surface area contributed by atoms with Crippen molar-refractivity contribution in [1.82, 2.24) is 4.98 Å². The van der Waals surface area contributed by atoms with E-state index < -0.39 is 0 Å². The molecule has 0 aliphatic rings. The summed E-state index contributed by atoms with van der Waals surface area (Å²) in [5.74, 6) is 0.311. The van der Waals surface area contributed by atoms with E-state index >= 15 is 0 Å². The lowest BCUT2D eigenvalue weighted by atomic mass is 10.3. The highest BCUT2D eigenvalue weighted by Crippen LogP contribution is 2.28. The summed E-state index contributed by atoms with van der Waals surface area (Å²) in [6.45, 7) is 0. The van der Waals surface area contributed by atoms with Gasteiger partial charge in [0.1, 0.15) is 5.58 Å². The van der Waals surface area contributed by atoms with E-state index in [2.05, 4.69) is 10.3 Å². The van der Waals surface area contributed by atoms with Crippen LogP contribution in [0.2, 0.25) is 0 Å². The summed E-state index contributed by atoms with van der Waals surface area (Å²) in [4.78, 5) is 14.6. The van der Waals surface area contributed by atoms with Gasteiger partial charge in [0.05, 0.1) is 11.1 Å². The SMILES string of the molecule is CNc1c(C=O)oc2ccncc12. The monoisotopic (exact) mass is 176 g/mol. The number of fused-ring (bicyclic) bond motifs is 1. The second-order valence-corrected chi connectivity index (χ2v) is 2.58. The molecular weight excluding hydrogens is 168 g/mol. The molecule has 0 aromatic carbocycles. The topological polar surface area (TPSA) is 55.1 Å². The Morgan fingerprint density at radius 2 is 2.46 bits per heavy atom. The Labute approximate surface area is 74.6 Å². The van der Waals surface area contributed by atoms with Crippen molar-refractivity contribution in [1.29, 1.82) is 0 Å². The number of carbonyl (C=O) groups excluding carboxylic acids is 1. The number of anilines is 1. The Balaban J connectivity index is 2.81. The van der Waals surface area contributed by atoms with Crippen LogP contribution in [0.3, 0.4) is 0 Å². The third-order valence-electron chi connectivity index (χ3n) is 1.87. The first kappa shape index (κ1) is 7.79. The normalized spacial score (nSPS) is 10.2. The minimum absolute atomic E-state index is 0.311. The Bertz CT molecular complexity index is 448. The number of carbonyl (C=O) groups is 1. The lowest BCUT2D eigenvalue weighted by Gasteiger charge is -1.94. The van der Waals surface area contributed by atoms with Gasteiger partial charge in [-0.2, -0.15) is 0 Å². The third-order valence-corrected chi connectivity index (χ3v) is 1.87. The summed E-state index contributed by atoms with van der Waals surface area (Å²) < 4.78 is 5.27. The number of nitrogens with zero attached hydrogens (tertiary/aromatic N) is 1. The molecule has 4 nitrogen and oxygen atoms in total. The first-order valence-corrected chi connectivity index (χ1v) is 3.86. The van der Waals surface area contributed by atoms with Crippen LogP contribution in [-0.2, 0) is 0 Å². The zero-order valence-electron chi connectivity index (χ0n) is 7.07. The van der Waals surface area contributed by atoms with Gasteiger partial charge in [-0.15, -0.1) is 0 Å². The Morgan fingerprint density at radius 3 is 3.15 bits per heavy atom. The number of furan rings is 1. The lowest BCUT2D eigenvalue weighted by Crippen LogP contribution is -1.89. The van der Waals surface area contributed by atoms with Gasteiger partial charge >= 0.3 is 0 Å². The van der Waals surface area contributed by atoms with Crippen molar-refractivity contribution in [2.45, 2.75) is 0 Å². The zero-order chi connectivity index (χ0) is 9.26. The van der Waals surface area contributed by atoms with Crippen molar-refractivity contribution in [2.75, 3.05) is 12.4 Å². The third kappa shape index (κ3) is 1.07. The predicted octanol–water partition coefficient (Wildman–Crippen LogP) is 1.68. The molecule has 66 valence electrons. The molecule has 0 aliphatic heterocycles. The largest absolute Gasteiger partial charge is 0.451 e. The van der Waals surface area contributed by atoms with Gasteiger partial charge in [-0.1, -0.05) is 0 Å². The van der Waals surface area contributed by atoms with E-state index in [1.54, 1.807) is 25.5 Å². The highest BCUT2D eigenvalue weighted by atomic mass is 16.3. The average molecular weight is 176 g/mol. The van der Waals surface area contributed by atoms with Crippen LogP contribution in [0.25, 0.3) is 11.0 Å². The summed E-state index contributed by atoms with van der Waals surface area (Å²) >= 11 is 0. The quantitative estimate of drug-likeness (QED) is 0.707. The van der Waals surface area contributed by atoms with Crippen LogP contribution in [0.15, 0.2) is 22.9 Å². The number of rotatable bonds is 2. The van der Waals surface area contributed by atoms with Crippen LogP contribution in [0.5, 0.6) is 0 Å². The smallest absolute Gasteiger partial charge is 0.190 e. The standard InChI is InChI=1S/C9H8N2O2/c1-10-9-6-4-11-3-2-7(6)13-8(9)5-12/h2-5,10H,1H3. The fourth-order valence-electron chi connectivity index (χ4n) is 1.30.